The summed E-state index contributed by atoms with van der Waals surface area (Å²) < 4.78 is 0. The zero-order valence-corrected chi connectivity index (χ0v) is 15.1. The van der Waals surface area contributed by atoms with Crippen molar-refractivity contribution in [1.82, 2.24) is 24.8 Å². The van der Waals surface area contributed by atoms with E-state index in [-0.39, 0.29) is 17.5 Å². The van der Waals surface area contributed by atoms with Crippen LogP contribution < -0.4 is 5.56 Å². The van der Waals surface area contributed by atoms with Crippen molar-refractivity contribution in [3.63, 3.8) is 0 Å². The maximum atomic E-state index is 12.9. The molecule has 128 valence electrons. The van der Waals surface area contributed by atoms with Crippen LogP contribution in [0.1, 0.15) is 39.3 Å². The third kappa shape index (κ3) is 3.00. The van der Waals surface area contributed by atoms with Crippen LogP contribution in [0.5, 0.6) is 0 Å². The van der Waals surface area contributed by atoms with Gasteiger partial charge in [-0.3, -0.25) is 9.59 Å². The minimum absolute atomic E-state index is 0.0548. The molecule has 7 nitrogen and oxygen atoms in total. The van der Waals surface area contributed by atoms with E-state index in [1.165, 1.54) is 28.9 Å². The van der Waals surface area contributed by atoms with Crippen molar-refractivity contribution in [3.05, 3.63) is 49.1 Å². The summed E-state index contributed by atoms with van der Waals surface area (Å²) in [6, 6.07) is -0.0623. The van der Waals surface area contributed by atoms with Crippen LogP contribution in [0, 0.1) is 6.92 Å². The monoisotopic (exact) mass is 373 g/mol. The molecule has 0 bridgehead atoms. The number of H-pyrrole nitrogens is 1. The van der Waals surface area contributed by atoms with Crippen molar-refractivity contribution in [1.29, 1.82) is 0 Å². The molecule has 1 aliphatic heterocycles. The first-order valence-electron chi connectivity index (χ1n) is 7.85. The summed E-state index contributed by atoms with van der Waals surface area (Å²) in [7, 11) is 0. The third-order valence-electron chi connectivity index (χ3n) is 4.14. The lowest BCUT2D eigenvalue weighted by Crippen LogP contribution is -2.34. The Hall–Kier alpha value is -2.39. The molecule has 1 amide bonds. The van der Waals surface area contributed by atoms with Gasteiger partial charge in [0, 0.05) is 29.7 Å². The molecule has 1 fully saturated rings. The number of likely N-dealkylation sites (tertiary alicyclic amines) is 1. The number of hydrogen-bond acceptors (Lipinski definition) is 7. The Balaban J connectivity index is 1.63. The van der Waals surface area contributed by atoms with E-state index in [2.05, 4.69) is 19.9 Å². The quantitative estimate of drug-likeness (QED) is 0.762. The Morgan fingerprint density at radius 2 is 2.24 bits per heavy atom. The average Bonchev–Trinajstić information content (AvgIpc) is 3.34. The first-order chi connectivity index (χ1) is 12.1. The molecular weight excluding hydrogens is 358 g/mol. The van der Waals surface area contributed by atoms with Crippen LogP contribution in [0.3, 0.4) is 0 Å². The van der Waals surface area contributed by atoms with Gasteiger partial charge in [-0.05, 0) is 19.8 Å². The van der Waals surface area contributed by atoms with E-state index in [1.54, 1.807) is 11.1 Å². The van der Waals surface area contributed by atoms with E-state index in [0.717, 1.165) is 22.9 Å². The largest absolute Gasteiger partial charge is 0.329 e. The third-order valence-corrected chi connectivity index (χ3v) is 5.79. The van der Waals surface area contributed by atoms with Crippen molar-refractivity contribution >= 4 is 28.6 Å². The molecule has 25 heavy (non-hydrogen) atoms. The second kappa shape index (κ2) is 6.49. The van der Waals surface area contributed by atoms with E-state index in [9.17, 15) is 9.59 Å². The van der Waals surface area contributed by atoms with Crippen LogP contribution in [-0.4, -0.2) is 37.3 Å². The highest BCUT2D eigenvalue weighted by Gasteiger charge is 2.33. The molecule has 1 saturated heterocycles. The summed E-state index contributed by atoms with van der Waals surface area (Å²) in [5.74, 6) is 0.0799. The molecule has 3 aromatic rings. The van der Waals surface area contributed by atoms with Gasteiger partial charge >= 0.3 is 0 Å². The van der Waals surface area contributed by atoms with E-state index in [4.69, 9.17) is 0 Å². The van der Waals surface area contributed by atoms with Crippen molar-refractivity contribution in [2.24, 2.45) is 0 Å². The molecule has 9 heteroatoms. The summed E-state index contributed by atoms with van der Waals surface area (Å²) >= 11 is 3.01. The molecule has 4 heterocycles. The zero-order chi connectivity index (χ0) is 17.4. The fraction of sp³-hybridized carbons (Fsp3) is 0.312. The molecule has 0 spiro atoms. The predicted molar refractivity (Wildman–Crippen MR) is 95.8 cm³/mol. The number of nitrogens with zero attached hydrogens (tertiary/aromatic N) is 4. The van der Waals surface area contributed by atoms with Gasteiger partial charge in [0.25, 0.3) is 11.5 Å². The molecule has 4 rings (SSSR count). The van der Waals surface area contributed by atoms with Crippen LogP contribution in [0.2, 0.25) is 0 Å². The maximum absolute atomic E-state index is 12.9. The number of nitrogens with one attached hydrogen (secondary N) is 1. The Morgan fingerprint density at radius 1 is 1.36 bits per heavy atom. The van der Waals surface area contributed by atoms with Gasteiger partial charge in [-0.2, -0.15) is 0 Å². The zero-order valence-electron chi connectivity index (χ0n) is 13.4. The second-order valence-electron chi connectivity index (χ2n) is 5.75. The smallest absolute Gasteiger partial charge is 0.264 e. The van der Waals surface area contributed by atoms with Crippen LogP contribution in [0.25, 0.3) is 11.5 Å². The number of carbonyl (C=O) groups is 1. The average molecular weight is 373 g/mol. The van der Waals surface area contributed by atoms with Crippen molar-refractivity contribution in [3.8, 4) is 11.5 Å². The van der Waals surface area contributed by atoms with Gasteiger partial charge in [0.05, 0.1) is 11.0 Å². The Morgan fingerprint density at radius 3 is 2.92 bits per heavy atom. The number of thiazole rings is 2. The fourth-order valence-corrected chi connectivity index (χ4v) is 4.35. The fourth-order valence-electron chi connectivity index (χ4n) is 2.97. The van der Waals surface area contributed by atoms with Crippen LogP contribution in [0.15, 0.2) is 27.9 Å². The molecule has 0 aromatic carbocycles. The molecule has 1 atom stereocenters. The van der Waals surface area contributed by atoms with Gasteiger partial charge in [-0.25, -0.2) is 15.0 Å². The van der Waals surface area contributed by atoms with Gasteiger partial charge in [-0.15, -0.1) is 22.7 Å². The Bertz CT molecular complexity index is 963. The summed E-state index contributed by atoms with van der Waals surface area (Å²) in [5.41, 5.74) is 0.227. The number of carbonyl (C=O) groups excluding carboxylic acids is 1. The van der Waals surface area contributed by atoms with Gasteiger partial charge in [-0.1, -0.05) is 0 Å². The molecule has 1 unspecified atom stereocenters. The van der Waals surface area contributed by atoms with E-state index >= 15 is 0 Å². The van der Waals surface area contributed by atoms with Gasteiger partial charge in [0.2, 0.25) is 0 Å². The number of aromatic amines is 1. The highest BCUT2D eigenvalue weighted by Crippen LogP contribution is 2.33. The summed E-state index contributed by atoms with van der Waals surface area (Å²) in [6.45, 7) is 2.51. The van der Waals surface area contributed by atoms with Crippen molar-refractivity contribution in [2.75, 3.05) is 6.54 Å². The lowest BCUT2D eigenvalue weighted by Gasteiger charge is -2.22. The van der Waals surface area contributed by atoms with Crippen molar-refractivity contribution < 1.29 is 4.79 Å². The van der Waals surface area contributed by atoms with Crippen LogP contribution in [-0.2, 0) is 0 Å². The van der Waals surface area contributed by atoms with E-state index in [1.807, 2.05) is 17.7 Å². The highest BCUT2D eigenvalue weighted by atomic mass is 32.1. The van der Waals surface area contributed by atoms with E-state index < -0.39 is 5.56 Å². The first-order valence-corrected chi connectivity index (χ1v) is 9.61. The molecule has 1 aliphatic rings. The standard InChI is InChI=1S/C16H15N5O2S2/c1-9-19-11(8-25-9)13-18-7-10(14(22)20-13)16(23)21-5-2-3-12(21)15-17-4-6-24-15/h4,6-8,12H,2-3,5H2,1H3,(H,18,20,22). The molecule has 1 N–H and O–H groups in total. The summed E-state index contributed by atoms with van der Waals surface area (Å²) in [5, 5.41) is 5.52. The SMILES string of the molecule is Cc1nc(-c2ncc(C(=O)N3CCCC3c3nccs3)c(=O)[nH]2)cs1. The minimum Gasteiger partial charge on any atom is -0.329 e. The number of hydrogen-bond donors (Lipinski definition) is 1. The number of amides is 1. The second-order valence-corrected chi connectivity index (χ2v) is 7.74. The summed E-state index contributed by atoms with van der Waals surface area (Å²) in [4.78, 5) is 42.5. The summed E-state index contributed by atoms with van der Waals surface area (Å²) in [6.07, 6.45) is 4.85. The minimum atomic E-state index is -0.439. The lowest BCUT2D eigenvalue weighted by atomic mass is 10.2. The van der Waals surface area contributed by atoms with Crippen molar-refractivity contribution in [2.45, 2.75) is 25.8 Å². The number of rotatable bonds is 3. The normalized spacial score (nSPS) is 17.2. The predicted octanol–water partition coefficient (Wildman–Crippen LogP) is 2.64. The van der Waals surface area contributed by atoms with E-state index in [0.29, 0.717) is 18.1 Å². The topological polar surface area (TPSA) is 91.8 Å². The maximum Gasteiger partial charge on any atom is 0.264 e. The van der Waals surface area contributed by atoms with Crippen LogP contribution in [0.4, 0.5) is 0 Å². The molecule has 0 saturated carbocycles. The Labute approximate surface area is 151 Å². The van der Waals surface area contributed by atoms with Gasteiger partial charge in [0.15, 0.2) is 5.82 Å². The molecule has 3 aromatic heterocycles. The Kier molecular flexibility index (Phi) is 4.18. The number of aryl methyl sites for hydroxylation is 1. The first kappa shape index (κ1) is 16.1. The highest BCUT2D eigenvalue weighted by molar-refractivity contribution is 7.10. The number of aromatic nitrogens is 4. The van der Waals surface area contributed by atoms with Gasteiger partial charge < -0.3 is 9.88 Å². The van der Waals surface area contributed by atoms with Crippen LogP contribution >= 0.6 is 22.7 Å². The lowest BCUT2D eigenvalue weighted by molar-refractivity contribution is 0.0733. The molecule has 0 aliphatic carbocycles. The molecular formula is C16H15N5O2S2. The molecule has 0 radical (unpaired) electrons. The van der Waals surface area contributed by atoms with Gasteiger partial charge in [0.1, 0.15) is 16.3 Å².